The van der Waals surface area contributed by atoms with Crippen LogP contribution in [0.2, 0.25) is 5.02 Å². The zero-order valence-electron chi connectivity index (χ0n) is 6.76. The molecular formula is C10H11Cl. The summed E-state index contributed by atoms with van der Waals surface area (Å²) in [6.45, 7) is 4.49. The molecule has 2 unspecified atom stereocenters. The summed E-state index contributed by atoms with van der Waals surface area (Å²) >= 11 is 6.03. The molecule has 0 spiro atoms. The van der Waals surface area contributed by atoms with Crippen LogP contribution in [-0.2, 0) is 0 Å². The second-order valence-corrected chi connectivity index (χ2v) is 3.73. The molecule has 0 aliphatic heterocycles. The summed E-state index contributed by atoms with van der Waals surface area (Å²) in [5.41, 5.74) is 2.80. The Morgan fingerprint density at radius 3 is 2.55 bits per heavy atom. The van der Waals surface area contributed by atoms with Crippen molar-refractivity contribution in [3.63, 3.8) is 0 Å². The maximum Gasteiger partial charge on any atom is 0.0443 e. The molecule has 0 radical (unpaired) electrons. The van der Waals surface area contributed by atoms with Crippen LogP contribution >= 0.6 is 11.6 Å². The lowest BCUT2D eigenvalue weighted by molar-refractivity contribution is 0.543. The van der Waals surface area contributed by atoms with Crippen LogP contribution in [0.3, 0.4) is 0 Å². The minimum absolute atomic E-state index is 0.652. The van der Waals surface area contributed by atoms with Gasteiger partial charge in [-0.05, 0) is 29.0 Å². The highest BCUT2D eigenvalue weighted by Crippen LogP contribution is 2.48. The minimum atomic E-state index is 0.652. The van der Waals surface area contributed by atoms with Crippen molar-refractivity contribution in [2.24, 2.45) is 0 Å². The zero-order valence-corrected chi connectivity index (χ0v) is 7.52. The highest BCUT2D eigenvalue weighted by Gasteiger charge is 2.31. The number of fused-ring (bicyclic) bond motifs is 1. The molecule has 0 heterocycles. The molecule has 58 valence electrons. The molecule has 2 atom stereocenters. The van der Waals surface area contributed by atoms with Crippen molar-refractivity contribution in [3.05, 3.63) is 34.3 Å². The third-order valence-electron chi connectivity index (χ3n) is 2.78. The molecule has 1 aromatic carbocycles. The first-order valence-electron chi connectivity index (χ1n) is 4.00. The number of rotatable bonds is 0. The van der Waals surface area contributed by atoms with Gasteiger partial charge in [-0.15, -0.1) is 0 Å². The lowest BCUT2D eigenvalue weighted by Gasteiger charge is -2.35. The largest absolute Gasteiger partial charge is 0.0840 e. The van der Waals surface area contributed by atoms with Crippen molar-refractivity contribution >= 4 is 11.6 Å². The SMILES string of the molecule is CC1c2cccc(Cl)c2C1C. The molecule has 0 aromatic heterocycles. The Kier molecular flexibility index (Phi) is 1.47. The van der Waals surface area contributed by atoms with Crippen LogP contribution in [-0.4, -0.2) is 0 Å². The first-order valence-corrected chi connectivity index (χ1v) is 4.38. The standard InChI is InChI=1S/C10H11Cl/c1-6-7(2)10-8(6)4-3-5-9(10)11/h3-7H,1-2H3. The average molecular weight is 167 g/mol. The average Bonchev–Trinajstić information content (AvgIpc) is 2.03. The van der Waals surface area contributed by atoms with E-state index in [-0.39, 0.29) is 0 Å². The van der Waals surface area contributed by atoms with Gasteiger partial charge in [0.2, 0.25) is 0 Å². The third kappa shape index (κ3) is 0.824. The van der Waals surface area contributed by atoms with Gasteiger partial charge in [-0.1, -0.05) is 37.6 Å². The van der Waals surface area contributed by atoms with E-state index in [2.05, 4.69) is 19.9 Å². The molecule has 0 nitrogen and oxygen atoms in total. The Hall–Kier alpha value is -0.490. The van der Waals surface area contributed by atoms with E-state index in [0.717, 1.165) is 5.02 Å². The summed E-state index contributed by atoms with van der Waals surface area (Å²) in [6, 6.07) is 6.18. The van der Waals surface area contributed by atoms with Crippen LogP contribution in [0.4, 0.5) is 0 Å². The molecule has 11 heavy (non-hydrogen) atoms. The van der Waals surface area contributed by atoms with Gasteiger partial charge in [0.05, 0.1) is 0 Å². The molecule has 0 bridgehead atoms. The molecule has 2 rings (SSSR count). The molecule has 1 aliphatic carbocycles. The van der Waals surface area contributed by atoms with Crippen molar-refractivity contribution in [1.29, 1.82) is 0 Å². The van der Waals surface area contributed by atoms with Crippen molar-refractivity contribution in [2.75, 3.05) is 0 Å². The second kappa shape index (κ2) is 2.25. The zero-order chi connectivity index (χ0) is 8.01. The highest BCUT2D eigenvalue weighted by molar-refractivity contribution is 6.31. The van der Waals surface area contributed by atoms with Gasteiger partial charge in [0, 0.05) is 5.02 Å². The van der Waals surface area contributed by atoms with Crippen LogP contribution in [0.1, 0.15) is 36.8 Å². The van der Waals surface area contributed by atoms with Gasteiger partial charge >= 0.3 is 0 Å². The number of benzene rings is 1. The summed E-state index contributed by atoms with van der Waals surface area (Å²) in [5.74, 6) is 1.35. The van der Waals surface area contributed by atoms with Gasteiger partial charge in [-0.25, -0.2) is 0 Å². The van der Waals surface area contributed by atoms with Gasteiger partial charge < -0.3 is 0 Å². The van der Waals surface area contributed by atoms with Crippen LogP contribution in [0.15, 0.2) is 18.2 Å². The first-order chi connectivity index (χ1) is 5.22. The molecule has 1 aliphatic rings. The fourth-order valence-corrected chi connectivity index (χ4v) is 2.21. The third-order valence-corrected chi connectivity index (χ3v) is 3.11. The van der Waals surface area contributed by atoms with Crippen molar-refractivity contribution in [3.8, 4) is 0 Å². The Balaban J connectivity index is 2.57. The molecule has 0 saturated heterocycles. The summed E-state index contributed by atoms with van der Waals surface area (Å²) in [4.78, 5) is 0. The smallest absolute Gasteiger partial charge is 0.0443 e. The van der Waals surface area contributed by atoms with Gasteiger partial charge in [0.25, 0.3) is 0 Å². The quantitative estimate of drug-likeness (QED) is 0.553. The monoisotopic (exact) mass is 166 g/mol. The fraction of sp³-hybridized carbons (Fsp3) is 0.400. The van der Waals surface area contributed by atoms with Crippen molar-refractivity contribution in [2.45, 2.75) is 25.7 Å². The lowest BCUT2D eigenvalue weighted by atomic mass is 9.70. The predicted molar refractivity (Wildman–Crippen MR) is 48.3 cm³/mol. The van der Waals surface area contributed by atoms with Gasteiger partial charge in [0.1, 0.15) is 0 Å². The normalized spacial score (nSPS) is 27.5. The van der Waals surface area contributed by atoms with Crippen molar-refractivity contribution in [1.82, 2.24) is 0 Å². The fourth-order valence-electron chi connectivity index (χ4n) is 1.85. The van der Waals surface area contributed by atoms with Crippen LogP contribution in [0.5, 0.6) is 0 Å². The number of hydrogen-bond donors (Lipinski definition) is 0. The molecule has 1 aromatic rings. The second-order valence-electron chi connectivity index (χ2n) is 3.32. The van der Waals surface area contributed by atoms with E-state index >= 15 is 0 Å². The first kappa shape index (κ1) is 7.17. The van der Waals surface area contributed by atoms with Crippen LogP contribution in [0, 0.1) is 0 Å². The molecule has 1 heteroatoms. The van der Waals surface area contributed by atoms with Crippen LogP contribution in [0.25, 0.3) is 0 Å². The van der Waals surface area contributed by atoms with Crippen molar-refractivity contribution < 1.29 is 0 Å². The molecule has 0 N–H and O–H groups in total. The number of halogens is 1. The Labute approximate surface area is 72.2 Å². The summed E-state index contributed by atoms with van der Waals surface area (Å²) < 4.78 is 0. The summed E-state index contributed by atoms with van der Waals surface area (Å²) in [7, 11) is 0. The molecular weight excluding hydrogens is 156 g/mol. The van der Waals surface area contributed by atoms with Gasteiger partial charge in [-0.2, -0.15) is 0 Å². The van der Waals surface area contributed by atoms with E-state index in [9.17, 15) is 0 Å². The van der Waals surface area contributed by atoms with Gasteiger partial charge in [0.15, 0.2) is 0 Å². The maximum atomic E-state index is 6.03. The Morgan fingerprint density at radius 2 is 1.91 bits per heavy atom. The molecule has 0 amide bonds. The van der Waals surface area contributed by atoms with E-state index in [1.807, 2.05) is 12.1 Å². The van der Waals surface area contributed by atoms with Gasteiger partial charge in [-0.3, -0.25) is 0 Å². The Morgan fingerprint density at radius 1 is 1.18 bits per heavy atom. The van der Waals surface area contributed by atoms with E-state index in [4.69, 9.17) is 11.6 Å². The maximum absolute atomic E-state index is 6.03. The molecule has 0 saturated carbocycles. The lowest BCUT2D eigenvalue weighted by Crippen LogP contribution is -2.19. The van der Waals surface area contributed by atoms with E-state index in [1.54, 1.807) is 0 Å². The number of hydrogen-bond acceptors (Lipinski definition) is 0. The van der Waals surface area contributed by atoms with E-state index < -0.39 is 0 Å². The Bertz CT molecular complexity index is 291. The molecule has 0 fully saturated rings. The summed E-state index contributed by atoms with van der Waals surface area (Å²) in [6.07, 6.45) is 0. The minimum Gasteiger partial charge on any atom is -0.0840 e. The van der Waals surface area contributed by atoms with Crippen LogP contribution < -0.4 is 0 Å². The summed E-state index contributed by atoms with van der Waals surface area (Å²) in [5, 5.41) is 0.938. The predicted octanol–water partition coefficient (Wildman–Crippen LogP) is 3.56. The van der Waals surface area contributed by atoms with E-state index in [1.165, 1.54) is 11.1 Å². The highest BCUT2D eigenvalue weighted by atomic mass is 35.5. The topological polar surface area (TPSA) is 0 Å². The van der Waals surface area contributed by atoms with E-state index in [0.29, 0.717) is 11.8 Å².